The number of piperidine rings is 1. The van der Waals surface area contributed by atoms with Crippen molar-refractivity contribution in [3.8, 4) is 0 Å². The minimum absolute atomic E-state index is 0.503. The van der Waals surface area contributed by atoms with E-state index in [0.717, 1.165) is 19.0 Å². The summed E-state index contributed by atoms with van der Waals surface area (Å²) in [5.41, 5.74) is 0.503. The van der Waals surface area contributed by atoms with Crippen LogP contribution in [0.1, 0.15) is 48.4 Å². The van der Waals surface area contributed by atoms with Crippen molar-refractivity contribution < 1.29 is 0 Å². The van der Waals surface area contributed by atoms with Crippen molar-refractivity contribution in [2.75, 3.05) is 13.1 Å². The molecule has 0 amide bonds. The van der Waals surface area contributed by atoms with Gasteiger partial charge in [0.25, 0.3) is 0 Å². The van der Waals surface area contributed by atoms with Gasteiger partial charge in [0.1, 0.15) is 0 Å². The van der Waals surface area contributed by atoms with Crippen molar-refractivity contribution in [2.45, 2.75) is 43.9 Å². The predicted octanol–water partition coefficient (Wildman–Crippen LogP) is 2.66. The van der Waals surface area contributed by atoms with Crippen LogP contribution in [0.15, 0.2) is 6.20 Å². The first-order valence-corrected chi connectivity index (χ1v) is 6.76. The second kappa shape index (κ2) is 3.56. The quantitative estimate of drug-likeness (QED) is 0.832. The van der Waals surface area contributed by atoms with E-state index in [-0.39, 0.29) is 0 Å². The Morgan fingerprint density at radius 1 is 1.40 bits per heavy atom. The zero-order valence-corrected chi connectivity index (χ0v) is 10.1. The van der Waals surface area contributed by atoms with E-state index in [1.165, 1.54) is 35.6 Å². The lowest BCUT2D eigenvalue weighted by Crippen LogP contribution is -2.26. The molecule has 0 bridgehead atoms. The molecule has 0 unspecified atom stereocenters. The highest BCUT2D eigenvalue weighted by Crippen LogP contribution is 2.50. The topological polar surface area (TPSA) is 24.9 Å². The lowest BCUT2D eigenvalue weighted by atomic mass is 9.99. The molecule has 2 heterocycles. The molecule has 15 heavy (non-hydrogen) atoms. The van der Waals surface area contributed by atoms with Crippen LogP contribution in [0.5, 0.6) is 0 Å². The Balaban J connectivity index is 1.77. The van der Waals surface area contributed by atoms with Crippen LogP contribution >= 0.6 is 11.3 Å². The molecule has 1 aliphatic carbocycles. The second-order valence-electron chi connectivity index (χ2n) is 5.15. The molecule has 0 atom stereocenters. The van der Waals surface area contributed by atoms with Crippen molar-refractivity contribution in [3.63, 3.8) is 0 Å². The van der Waals surface area contributed by atoms with Gasteiger partial charge in [-0.2, -0.15) is 0 Å². The molecule has 2 aliphatic rings. The molecule has 2 fully saturated rings. The van der Waals surface area contributed by atoms with Gasteiger partial charge in [-0.3, -0.25) is 0 Å². The summed E-state index contributed by atoms with van der Waals surface area (Å²) in [5.74, 6) is 0.729. The third kappa shape index (κ3) is 1.83. The minimum Gasteiger partial charge on any atom is -0.317 e. The van der Waals surface area contributed by atoms with E-state index >= 15 is 0 Å². The van der Waals surface area contributed by atoms with Crippen molar-refractivity contribution in [2.24, 2.45) is 0 Å². The summed E-state index contributed by atoms with van der Waals surface area (Å²) in [6, 6.07) is 0. The Morgan fingerprint density at radius 2 is 2.13 bits per heavy atom. The summed E-state index contributed by atoms with van der Waals surface area (Å²) in [4.78, 5) is 6.16. The molecular formula is C12H18N2S. The maximum atomic E-state index is 4.64. The van der Waals surface area contributed by atoms with E-state index in [9.17, 15) is 0 Å². The molecule has 1 saturated carbocycles. The summed E-state index contributed by atoms with van der Waals surface area (Å²) < 4.78 is 0. The van der Waals surface area contributed by atoms with Crippen LogP contribution in [-0.2, 0) is 5.41 Å². The van der Waals surface area contributed by atoms with E-state index in [4.69, 9.17) is 0 Å². The van der Waals surface area contributed by atoms with E-state index in [1.807, 2.05) is 11.3 Å². The number of hydrogen-bond donors (Lipinski definition) is 1. The van der Waals surface area contributed by atoms with Crippen LogP contribution in [0.2, 0.25) is 0 Å². The number of nitrogens with one attached hydrogen (secondary N) is 1. The van der Waals surface area contributed by atoms with Gasteiger partial charge in [-0.15, -0.1) is 11.3 Å². The molecule has 0 aromatic carbocycles. The number of hydrogen-bond acceptors (Lipinski definition) is 3. The van der Waals surface area contributed by atoms with Crippen molar-refractivity contribution >= 4 is 11.3 Å². The van der Waals surface area contributed by atoms with Crippen LogP contribution in [0.3, 0.4) is 0 Å². The molecule has 1 saturated heterocycles. The number of aromatic nitrogens is 1. The molecule has 0 radical (unpaired) electrons. The summed E-state index contributed by atoms with van der Waals surface area (Å²) in [5, 5.41) is 4.80. The van der Waals surface area contributed by atoms with Gasteiger partial charge in [0, 0.05) is 22.4 Å². The van der Waals surface area contributed by atoms with Crippen LogP contribution in [0.4, 0.5) is 0 Å². The maximum Gasteiger partial charge on any atom is 0.0959 e. The second-order valence-corrected chi connectivity index (χ2v) is 6.21. The van der Waals surface area contributed by atoms with Gasteiger partial charge >= 0.3 is 0 Å². The molecule has 82 valence electrons. The Bertz CT molecular complexity index is 348. The monoisotopic (exact) mass is 222 g/mol. The fourth-order valence-electron chi connectivity index (χ4n) is 2.26. The average molecular weight is 222 g/mol. The molecule has 1 aromatic heterocycles. The van der Waals surface area contributed by atoms with Crippen LogP contribution in [0.25, 0.3) is 0 Å². The van der Waals surface area contributed by atoms with E-state index < -0.39 is 0 Å². The van der Waals surface area contributed by atoms with E-state index in [2.05, 4.69) is 23.4 Å². The fraction of sp³-hybridized carbons (Fsp3) is 0.750. The van der Waals surface area contributed by atoms with Gasteiger partial charge in [0.15, 0.2) is 0 Å². The Kier molecular flexibility index (Phi) is 2.33. The average Bonchev–Trinajstić information content (AvgIpc) is 2.85. The molecular weight excluding hydrogens is 204 g/mol. The van der Waals surface area contributed by atoms with Crippen molar-refractivity contribution in [1.29, 1.82) is 0 Å². The zero-order valence-electron chi connectivity index (χ0n) is 9.25. The molecule has 2 nitrogen and oxygen atoms in total. The van der Waals surface area contributed by atoms with Crippen molar-refractivity contribution in [3.05, 3.63) is 16.1 Å². The summed E-state index contributed by atoms with van der Waals surface area (Å²) in [6.07, 6.45) is 7.39. The highest BCUT2D eigenvalue weighted by atomic mass is 32.1. The third-order valence-electron chi connectivity index (χ3n) is 3.81. The summed E-state index contributed by atoms with van der Waals surface area (Å²) in [7, 11) is 0. The molecule has 3 heteroatoms. The first-order chi connectivity index (χ1) is 7.28. The highest BCUT2D eigenvalue weighted by molar-refractivity contribution is 7.11. The van der Waals surface area contributed by atoms with E-state index in [1.54, 1.807) is 0 Å². The molecule has 1 aliphatic heterocycles. The lowest BCUT2D eigenvalue weighted by molar-refractivity contribution is 0.459. The largest absolute Gasteiger partial charge is 0.317 e. The van der Waals surface area contributed by atoms with Gasteiger partial charge in [-0.05, 0) is 38.8 Å². The smallest absolute Gasteiger partial charge is 0.0959 e. The zero-order chi connectivity index (χ0) is 10.3. The standard InChI is InChI=1S/C12H18N2S/c1-12(4-5-12)10-8-14-11(15-10)9-2-6-13-7-3-9/h8-9,13H,2-7H2,1H3. The van der Waals surface area contributed by atoms with Crippen LogP contribution < -0.4 is 5.32 Å². The summed E-state index contributed by atoms with van der Waals surface area (Å²) >= 11 is 1.97. The maximum absolute atomic E-state index is 4.64. The van der Waals surface area contributed by atoms with Crippen molar-refractivity contribution in [1.82, 2.24) is 10.3 Å². The van der Waals surface area contributed by atoms with Gasteiger partial charge in [-0.25, -0.2) is 4.98 Å². The number of thiazole rings is 1. The van der Waals surface area contributed by atoms with Gasteiger partial charge in [0.05, 0.1) is 5.01 Å². The Hall–Kier alpha value is -0.410. The fourth-order valence-corrected chi connectivity index (χ4v) is 3.55. The molecule has 3 rings (SSSR count). The Morgan fingerprint density at radius 3 is 2.80 bits per heavy atom. The first-order valence-electron chi connectivity index (χ1n) is 5.95. The SMILES string of the molecule is CC1(c2cnc(C3CCNCC3)s2)CC1. The third-order valence-corrected chi connectivity index (χ3v) is 5.27. The number of rotatable bonds is 2. The van der Waals surface area contributed by atoms with Crippen LogP contribution in [-0.4, -0.2) is 18.1 Å². The summed E-state index contributed by atoms with van der Waals surface area (Å²) in [6.45, 7) is 4.69. The predicted molar refractivity (Wildman–Crippen MR) is 63.5 cm³/mol. The van der Waals surface area contributed by atoms with Crippen LogP contribution in [0, 0.1) is 0 Å². The molecule has 0 spiro atoms. The van der Waals surface area contributed by atoms with E-state index in [0.29, 0.717) is 5.41 Å². The highest BCUT2D eigenvalue weighted by Gasteiger charge is 2.41. The Labute approximate surface area is 95.1 Å². The minimum atomic E-state index is 0.503. The molecule has 1 N–H and O–H groups in total. The number of nitrogens with zero attached hydrogens (tertiary/aromatic N) is 1. The first kappa shape index (κ1) is 9.79. The molecule has 1 aromatic rings. The normalized spacial score (nSPS) is 25.4. The van der Waals surface area contributed by atoms with Gasteiger partial charge in [0.2, 0.25) is 0 Å². The lowest BCUT2D eigenvalue weighted by Gasteiger charge is -2.20. The van der Waals surface area contributed by atoms with Gasteiger partial charge < -0.3 is 5.32 Å². The van der Waals surface area contributed by atoms with Gasteiger partial charge in [-0.1, -0.05) is 6.92 Å².